The number of sulfonamides is 1. The van der Waals surface area contributed by atoms with Gasteiger partial charge in [0.25, 0.3) is 5.24 Å². The Morgan fingerprint density at radius 2 is 1.78 bits per heavy atom. The van der Waals surface area contributed by atoms with E-state index < -0.39 is 27.6 Å². The molecule has 1 N–H and O–H groups in total. The standard InChI is InChI=1S/C18H18N2O5S2/c1-12-3-7-15(8-4-12)27(24,25)20(2)10-17(22)16-9-14(19-18(23)26)6-5-13(16)11-21/h3-9,11H,10H2,1-2H3,(H2,19,23,26). The second kappa shape index (κ2) is 8.47. The van der Waals surface area contributed by atoms with Crippen molar-refractivity contribution in [3.05, 3.63) is 59.2 Å². The van der Waals surface area contributed by atoms with E-state index in [9.17, 15) is 22.8 Å². The number of nitrogens with one attached hydrogen (secondary N) is 1. The summed E-state index contributed by atoms with van der Waals surface area (Å²) in [6.45, 7) is 1.37. The zero-order chi connectivity index (χ0) is 20.2. The molecule has 2 aromatic rings. The molecular weight excluding hydrogens is 388 g/mol. The molecule has 27 heavy (non-hydrogen) atoms. The number of hydrogen-bond donors (Lipinski definition) is 2. The third-order valence-corrected chi connectivity index (χ3v) is 5.76. The summed E-state index contributed by atoms with van der Waals surface area (Å²) < 4.78 is 26.1. The van der Waals surface area contributed by atoms with Crippen molar-refractivity contribution in [1.29, 1.82) is 0 Å². The molecule has 0 saturated carbocycles. The number of aldehydes is 1. The normalized spacial score (nSPS) is 11.3. The van der Waals surface area contributed by atoms with Crippen molar-refractivity contribution in [3.8, 4) is 0 Å². The first-order valence-corrected chi connectivity index (χ1v) is 9.69. The maximum Gasteiger partial charge on any atom is 0.280 e. The van der Waals surface area contributed by atoms with E-state index in [1.54, 1.807) is 12.1 Å². The van der Waals surface area contributed by atoms with E-state index in [2.05, 4.69) is 17.9 Å². The average molecular weight is 406 g/mol. The van der Waals surface area contributed by atoms with Gasteiger partial charge in [0.05, 0.1) is 11.4 Å². The molecule has 142 valence electrons. The predicted octanol–water partition coefficient (Wildman–Crippen LogP) is 2.77. The number of carbonyl (C=O) groups is 3. The van der Waals surface area contributed by atoms with Gasteiger partial charge in [-0.05, 0) is 37.3 Å². The molecule has 0 radical (unpaired) electrons. The number of hydrogen-bond acceptors (Lipinski definition) is 5. The lowest BCUT2D eigenvalue weighted by Crippen LogP contribution is -2.32. The van der Waals surface area contributed by atoms with E-state index in [1.807, 2.05) is 6.92 Å². The Morgan fingerprint density at radius 3 is 2.33 bits per heavy atom. The van der Waals surface area contributed by atoms with Crippen LogP contribution in [0.15, 0.2) is 47.4 Å². The highest BCUT2D eigenvalue weighted by molar-refractivity contribution is 7.96. The van der Waals surface area contributed by atoms with E-state index in [-0.39, 0.29) is 21.7 Å². The van der Waals surface area contributed by atoms with Gasteiger partial charge in [-0.15, -0.1) is 0 Å². The van der Waals surface area contributed by atoms with Gasteiger partial charge in [-0.3, -0.25) is 14.4 Å². The highest BCUT2D eigenvalue weighted by Gasteiger charge is 2.24. The molecule has 0 bridgehead atoms. The lowest BCUT2D eigenvalue weighted by molar-refractivity contribution is 0.0967. The molecule has 9 heteroatoms. The number of benzene rings is 2. The van der Waals surface area contributed by atoms with Gasteiger partial charge in [0.2, 0.25) is 10.0 Å². The largest absolute Gasteiger partial charge is 0.317 e. The Kier molecular flexibility index (Phi) is 6.53. The van der Waals surface area contributed by atoms with E-state index in [4.69, 9.17) is 0 Å². The third kappa shape index (κ3) is 5.03. The van der Waals surface area contributed by atoms with Crippen molar-refractivity contribution in [2.24, 2.45) is 0 Å². The lowest BCUT2D eigenvalue weighted by Gasteiger charge is -2.17. The monoisotopic (exact) mass is 406 g/mol. The Hall–Kier alpha value is -2.49. The topological polar surface area (TPSA) is 101 Å². The molecule has 0 atom stereocenters. The highest BCUT2D eigenvalue weighted by atomic mass is 32.2. The Balaban J connectivity index is 2.28. The van der Waals surface area contributed by atoms with Crippen molar-refractivity contribution >= 4 is 45.6 Å². The summed E-state index contributed by atoms with van der Waals surface area (Å²) in [4.78, 5) is 34.9. The summed E-state index contributed by atoms with van der Waals surface area (Å²) in [5, 5.41) is 1.76. The maximum atomic E-state index is 12.6. The van der Waals surface area contributed by atoms with Crippen LogP contribution in [0.25, 0.3) is 0 Å². The number of aryl methyl sites for hydroxylation is 1. The van der Waals surface area contributed by atoms with Gasteiger partial charge in [-0.25, -0.2) is 8.42 Å². The van der Waals surface area contributed by atoms with E-state index >= 15 is 0 Å². The molecule has 0 aliphatic rings. The molecule has 0 spiro atoms. The summed E-state index contributed by atoms with van der Waals surface area (Å²) in [5.41, 5.74) is 1.29. The second-order valence-corrected chi connectivity index (χ2v) is 8.30. The molecule has 0 saturated heterocycles. The molecule has 7 nitrogen and oxygen atoms in total. The van der Waals surface area contributed by atoms with Crippen molar-refractivity contribution < 1.29 is 22.8 Å². The molecule has 0 aliphatic heterocycles. The number of likely N-dealkylation sites (N-methyl/N-ethyl adjacent to an activating group) is 1. The molecule has 2 aromatic carbocycles. The number of thiol groups is 1. The van der Waals surface area contributed by atoms with Crippen LogP contribution < -0.4 is 5.32 Å². The zero-order valence-electron chi connectivity index (χ0n) is 14.7. The minimum atomic E-state index is -3.87. The SMILES string of the molecule is Cc1ccc(S(=O)(=O)N(C)CC(=O)c2cc(NC(=O)S)ccc2C=O)cc1. The number of rotatable bonds is 7. The summed E-state index contributed by atoms with van der Waals surface area (Å²) in [6.07, 6.45) is 0.494. The molecular formula is C18H18N2O5S2. The van der Waals surface area contributed by atoms with Crippen LogP contribution >= 0.6 is 12.6 Å². The van der Waals surface area contributed by atoms with Crippen molar-refractivity contribution in [3.63, 3.8) is 0 Å². The van der Waals surface area contributed by atoms with Gasteiger partial charge >= 0.3 is 0 Å². The first-order valence-electron chi connectivity index (χ1n) is 7.80. The van der Waals surface area contributed by atoms with Gasteiger partial charge in [-0.2, -0.15) is 4.31 Å². The number of carbonyl (C=O) groups excluding carboxylic acids is 3. The Bertz CT molecular complexity index is 985. The summed E-state index contributed by atoms with van der Waals surface area (Å²) in [6, 6.07) is 10.4. The van der Waals surface area contributed by atoms with E-state index in [1.165, 1.54) is 37.4 Å². The number of Topliss-reactive ketones (excluding diaryl/α,β-unsaturated/α-hetero) is 1. The van der Waals surface area contributed by atoms with E-state index in [0.29, 0.717) is 6.29 Å². The van der Waals surface area contributed by atoms with Crippen molar-refractivity contribution in [2.45, 2.75) is 11.8 Å². The van der Waals surface area contributed by atoms with Crippen LogP contribution in [0.5, 0.6) is 0 Å². The second-order valence-electron chi connectivity index (χ2n) is 5.85. The lowest BCUT2D eigenvalue weighted by atomic mass is 10.0. The first kappa shape index (κ1) is 20.8. The summed E-state index contributed by atoms with van der Waals surface area (Å²) >= 11 is 3.59. The molecule has 0 aliphatic carbocycles. The summed E-state index contributed by atoms with van der Waals surface area (Å²) in [7, 11) is -2.58. The fraction of sp³-hybridized carbons (Fsp3) is 0.167. The molecule has 0 heterocycles. The Labute approximate surface area is 162 Å². The van der Waals surface area contributed by atoms with Crippen LogP contribution in [0.1, 0.15) is 26.3 Å². The molecule has 0 aromatic heterocycles. The quantitative estimate of drug-likeness (QED) is 0.418. The minimum absolute atomic E-state index is 0.00976. The van der Waals surface area contributed by atoms with Gasteiger partial charge in [-0.1, -0.05) is 30.3 Å². The maximum absolute atomic E-state index is 12.6. The molecule has 2 rings (SSSR count). The van der Waals surface area contributed by atoms with Crippen LogP contribution in [-0.4, -0.2) is 43.6 Å². The summed E-state index contributed by atoms with van der Waals surface area (Å²) in [5.74, 6) is -0.578. The van der Waals surface area contributed by atoms with Gasteiger partial charge < -0.3 is 5.32 Å². The number of amides is 1. The van der Waals surface area contributed by atoms with Gasteiger partial charge in [0, 0.05) is 23.9 Å². The van der Waals surface area contributed by atoms with Crippen molar-refractivity contribution in [1.82, 2.24) is 4.31 Å². The molecule has 0 fully saturated rings. The van der Waals surface area contributed by atoms with Crippen molar-refractivity contribution in [2.75, 3.05) is 18.9 Å². The molecule has 0 unspecified atom stereocenters. The average Bonchev–Trinajstić information content (AvgIpc) is 2.61. The predicted molar refractivity (Wildman–Crippen MR) is 105 cm³/mol. The van der Waals surface area contributed by atoms with Crippen LogP contribution in [0.3, 0.4) is 0 Å². The molecule has 1 amide bonds. The van der Waals surface area contributed by atoms with Crippen LogP contribution in [0, 0.1) is 6.92 Å². The zero-order valence-corrected chi connectivity index (χ0v) is 16.4. The number of nitrogens with zero attached hydrogens (tertiary/aromatic N) is 1. The van der Waals surface area contributed by atoms with Gasteiger partial charge in [0.1, 0.15) is 0 Å². The highest BCUT2D eigenvalue weighted by Crippen LogP contribution is 2.19. The van der Waals surface area contributed by atoms with Crippen LogP contribution in [-0.2, 0) is 10.0 Å². The fourth-order valence-corrected chi connectivity index (χ4v) is 3.62. The minimum Gasteiger partial charge on any atom is -0.317 e. The first-order chi connectivity index (χ1) is 12.6. The van der Waals surface area contributed by atoms with E-state index in [0.717, 1.165) is 9.87 Å². The Morgan fingerprint density at radius 1 is 1.15 bits per heavy atom. The number of anilines is 1. The van der Waals surface area contributed by atoms with Crippen LogP contribution in [0.2, 0.25) is 0 Å². The van der Waals surface area contributed by atoms with Gasteiger partial charge in [0.15, 0.2) is 12.1 Å². The smallest absolute Gasteiger partial charge is 0.280 e. The fourth-order valence-electron chi connectivity index (χ4n) is 2.36. The van der Waals surface area contributed by atoms with Crippen LogP contribution in [0.4, 0.5) is 10.5 Å². The number of ketones is 1. The third-order valence-electron chi connectivity index (χ3n) is 3.83.